The van der Waals surface area contributed by atoms with Gasteiger partial charge in [0.2, 0.25) is 5.91 Å². The summed E-state index contributed by atoms with van der Waals surface area (Å²) in [5, 5.41) is 12.5. The molecular formula is C16H21NO2. The van der Waals surface area contributed by atoms with Crippen molar-refractivity contribution in [3.05, 3.63) is 42.0 Å². The molecule has 0 unspecified atom stereocenters. The van der Waals surface area contributed by atoms with Crippen molar-refractivity contribution in [2.75, 3.05) is 6.61 Å². The molecule has 3 heteroatoms. The van der Waals surface area contributed by atoms with Crippen LogP contribution in [0, 0.1) is 0 Å². The van der Waals surface area contributed by atoms with E-state index in [-0.39, 0.29) is 12.5 Å². The average Bonchev–Trinajstić information content (AvgIpc) is 2.88. The molecule has 0 spiro atoms. The monoisotopic (exact) mass is 259 g/mol. The van der Waals surface area contributed by atoms with Gasteiger partial charge in [-0.2, -0.15) is 0 Å². The number of allylic oxidation sites excluding steroid dienone is 1. The minimum Gasteiger partial charge on any atom is -0.394 e. The van der Waals surface area contributed by atoms with Gasteiger partial charge in [-0.25, -0.2) is 0 Å². The molecule has 1 amide bonds. The number of aliphatic hydroxyl groups is 1. The Balaban J connectivity index is 2.04. The van der Waals surface area contributed by atoms with E-state index in [0.717, 1.165) is 36.8 Å². The highest BCUT2D eigenvalue weighted by molar-refractivity contribution is 5.95. The lowest BCUT2D eigenvalue weighted by Crippen LogP contribution is -2.48. The quantitative estimate of drug-likeness (QED) is 0.816. The standard InChI is InChI=1S/C16H21NO2/c1-13(14-7-3-2-4-8-14)11-15(19)17-16(12-18)9-5-6-10-16/h2-4,7-8,11,18H,5-6,9-10,12H2,1H3,(H,17,19)/b13-11-. The highest BCUT2D eigenvalue weighted by atomic mass is 16.3. The molecule has 1 aliphatic carbocycles. The van der Waals surface area contributed by atoms with Gasteiger partial charge in [0, 0.05) is 6.08 Å². The summed E-state index contributed by atoms with van der Waals surface area (Å²) in [6.07, 6.45) is 5.50. The lowest BCUT2D eigenvalue weighted by Gasteiger charge is -2.27. The van der Waals surface area contributed by atoms with E-state index < -0.39 is 5.54 Å². The predicted octanol–water partition coefficient (Wildman–Crippen LogP) is 2.51. The van der Waals surface area contributed by atoms with E-state index in [2.05, 4.69) is 5.32 Å². The van der Waals surface area contributed by atoms with Gasteiger partial charge in [-0.1, -0.05) is 43.2 Å². The van der Waals surface area contributed by atoms with Crippen LogP contribution in [0.2, 0.25) is 0 Å². The number of rotatable bonds is 4. The van der Waals surface area contributed by atoms with Gasteiger partial charge in [0.05, 0.1) is 12.1 Å². The summed E-state index contributed by atoms with van der Waals surface area (Å²) in [5.41, 5.74) is 1.58. The van der Waals surface area contributed by atoms with Crippen LogP contribution in [0.15, 0.2) is 36.4 Å². The van der Waals surface area contributed by atoms with Gasteiger partial charge in [-0.05, 0) is 30.9 Å². The van der Waals surface area contributed by atoms with Crippen molar-refractivity contribution in [2.24, 2.45) is 0 Å². The molecule has 0 heterocycles. The third kappa shape index (κ3) is 3.44. The first kappa shape index (κ1) is 13.8. The van der Waals surface area contributed by atoms with Gasteiger partial charge in [-0.15, -0.1) is 0 Å². The van der Waals surface area contributed by atoms with Gasteiger partial charge in [-0.3, -0.25) is 4.79 Å². The van der Waals surface area contributed by atoms with Crippen LogP contribution < -0.4 is 5.32 Å². The highest BCUT2D eigenvalue weighted by Gasteiger charge is 2.34. The Hall–Kier alpha value is -1.61. The molecule has 1 fully saturated rings. The second-order valence-corrected chi connectivity index (χ2v) is 5.33. The van der Waals surface area contributed by atoms with Crippen molar-refractivity contribution < 1.29 is 9.90 Å². The highest BCUT2D eigenvalue weighted by Crippen LogP contribution is 2.29. The Morgan fingerprint density at radius 1 is 1.32 bits per heavy atom. The molecule has 0 bridgehead atoms. The van der Waals surface area contributed by atoms with E-state index >= 15 is 0 Å². The Bertz CT molecular complexity index is 459. The van der Waals surface area contributed by atoms with Crippen LogP contribution in [-0.2, 0) is 4.79 Å². The summed E-state index contributed by atoms with van der Waals surface area (Å²) in [7, 11) is 0. The van der Waals surface area contributed by atoms with Crippen molar-refractivity contribution in [1.29, 1.82) is 0 Å². The third-order valence-electron chi connectivity index (χ3n) is 3.83. The smallest absolute Gasteiger partial charge is 0.244 e. The average molecular weight is 259 g/mol. The second-order valence-electron chi connectivity index (χ2n) is 5.33. The van der Waals surface area contributed by atoms with Crippen LogP contribution in [0.4, 0.5) is 0 Å². The van der Waals surface area contributed by atoms with Gasteiger partial charge in [0.1, 0.15) is 0 Å². The Labute approximate surface area is 114 Å². The molecule has 1 saturated carbocycles. The van der Waals surface area contributed by atoms with Crippen LogP contribution in [0.1, 0.15) is 38.2 Å². The van der Waals surface area contributed by atoms with E-state index in [9.17, 15) is 9.90 Å². The minimum atomic E-state index is -0.398. The molecule has 0 saturated heterocycles. The summed E-state index contributed by atoms with van der Waals surface area (Å²) in [6.45, 7) is 1.95. The number of carbonyl (C=O) groups excluding carboxylic acids is 1. The molecule has 0 radical (unpaired) electrons. The summed E-state index contributed by atoms with van der Waals surface area (Å²) in [4.78, 5) is 12.0. The number of nitrogens with one attached hydrogen (secondary N) is 1. The molecule has 1 aliphatic rings. The second kappa shape index (κ2) is 6.02. The van der Waals surface area contributed by atoms with Crippen molar-refractivity contribution in [3.8, 4) is 0 Å². The molecule has 2 rings (SSSR count). The molecule has 0 aliphatic heterocycles. The maximum atomic E-state index is 12.0. The third-order valence-corrected chi connectivity index (χ3v) is 3.83. The molecule has 1 aromatic rings. The molecule has 2 N–H and O–H groups in total. The first-order valence-electron chi connectivity index (χ1n) is 6.82. The molecule has 3 nitrogen and oxygen atoms in total. The lowest BCUT2D eigenvalue weighted by molar-refractivity contribution is -0.118. The summed E-state index contributed by atoms with van der Waals surface area (Å²) >= 11 is 0. The topological polar surface area (TPSA) is 49.3 Å². The van der Waals surface area contributed by atoms with Crippen molar-refractivity contribution in [2.45, 2.75) is 38.1 Å². The molecule has 19 heavy (non-hydrogen) atoms. The molecule has 1 aromatic carbocycles. The zero-order chi connectivity index (χ0) is 13.7. The summed E-state index contributed by atoms with van der Waals surface area (Å²) < 4.78 is 0. The van der Waals surface area contributed by atoms with Gasteiger partial charge < -0.3 is 10.4 Å². The van der Waals surface area contributed by atoms with Crippen LogP contribution in [0.5, 0.6) is 0 Å². The van der Waals surface area contributed by atoms with E-state index in [0.29, 0.717) is 0 Å². The van der Waals surface area contributed by atoms with Crippen molar-refractivity contribution in [1.82, 2.24) is 5.32 Å². The van der Waals surface area contributed by atoms with Gasteiger partial charge in [0.25, 0.3) is 0 Å². The first-order valence-corrected chi connectivity index (χ1v) is 6.82. The fraction of sp³-hybridized carbons (Fsp3) is 0.438. The van der Waals surface area contributed by atoms with Crippen molar-refractivity contribution >= 4 is 11.5 Å². The SMILES string of the molecule is C/C(=C/C(=O)NC1(CO)CCCC1)c1ccccc1. The predicted molar refractivity (Wildman–Crippen MR) is 76.5 cm³/mol. The zero-order valence-electron chi connectivity index (χ0n) is 11.4. The fourth-order valence-electron chi connectivity index (χ4n) is 2.65. The van der Waals surface area contributed by atoms with Crippen LogP contribution in [-0.4, -0.2) is 23.2 Å². The Morgan fingerprint density at radius 3 is 2.53 bits per heavy atom. The zero-order valence-corrected chi connectivity index (χ0v) is 11.4. The molecule has 0 aromatic heterocycles. The van der Waals surface area contributed by atoms with Crippen LogP contribution >= 0.6 is 0 Å². The van der Waals surface area contributed by atoms with Crippen LogP contribution in [0.3, 0.4) is 0 Å². The normalized spacial score (nSPS) is 18.3. The van der Waals surface area contributed by atoms with Crippen LogP contribution in [0.25, 0.3) is 5.57 Å². The maximum Gasteiger partial charge on any atom is 0.244 e. The molecule has 102 valence electrons. The van der Waals surface area contributed by atoms with Gasteiger partial charge in [0.15, 0.2) is 0 Å². The number of carbonyl (C=O) groups is 1. The fourth-order valence-corrected chi connectivity index (χ4v) is 2.65. The van der Waals surface area contributed by atoms with E-state index in [1.807, 2.05) is 37.3 Å². The van der Waals surface area contributed by atoms with E-state index in [1.54, 1.807) is 6.08 Å². The molecular weight excluding hydrogens is 238 g/mol. The number of hydrogen-bond acceptors (Lipinski definition) is 2. The molecule has 0 atom stereocenters. The number of benzene rings is 1. The first-order chi connectivity index (χ1) is 9.15. The Kier molecular flexibility index (Phi) is 4.38. The number of amides is 1. The maximum absolute atomic E-state index is 12.0. The number of hydrogen-bond donors (Lipinski definition) is 2. The largest absolute Gasteiger partial charge is 0.394 e. The summed E-state index contributed by atoms with van der Waals surface area (Å²) in [6, 6.07) is 9.83. The van der Waals surface area contributed by atoms with Crippen molar-refractivity contribution in [3.63, 3.8) is 0 Å². The Morgan fingerprint density at radius 2 is 1.95 bits per heavy atom. The lowest BCUT2D eigenvalue weighted by atomic mass is 9.98. The minimum absolute atomic E-state index is 0.0248. The summed E-state index contributed by atoms with van der Waals surface area (Å²) in [5.74, 6) is -0.114. The number of aliphatic hydroxyl groups excluding tert-OH is 1. The van der Waals surface area contributed by atoms with E-state index in [1.165, 1.54) is 0 Å². The van der Waals surface area contributed by atoms with E-state index in [4.69, 9.17) is 0 Å². The van der Waals surface area contributed by atoms with Gasteiger partial charge >= 0.3 is 0 Å².